The lowest BCUT2D eigenvalue weighted by atomic mass is 10.0. The van der Waals surface area contributed by atoms with Gasteiger partial charge in [0, 0.05) is 13.0 Å². The highest BCUT2D eigenvalue weighted by Gasteiger charge is 2.16. The maximum atomic E-state index is 13.2. The second kappa shape index (κ2) is 12.3. The molecule has 2 atom stereocenters. The van der Waals surface area contributed by atoms with Crippen molar-refractivity contribution in [1.82, 2.24) is 0 Å². The fourth-order valence-corrected chi connectivity index (χ4v) is 2.91. The van der Waals surface area contributed by atoms with Crippen LogP contribution in [0.25, 0.3) is 0 Å². The van der Waals surface area contributed by atoms with E-state index in [-0.39, 0.29) is 24.0 Å². The second-order valence-electron chi connectivity index (χ2n) is 6.85. The van der Waals surface area contributed by atoms with Crippen LogP contribution in [0.4, 0.5) is 4.39 Å². The molecule has 0 aliphatic heterocycles. The molecule has 0 heterocycles. The molecule has 0 radical (unpaired) electrons. The molecule has 2 aromatic rings. The topological polar surface area (TPSA) is 44.8 Å². The highest BCUT2D eigenvalue weighted by Crippen LogP contribution is 2.16. The number of hydrogen-bond acceptors (Lipinski definition) is 4. The summed E-state index contributed by atoms with van der Waals surface area (Å²) in [6, 6.07) is 16.5. The second-order valence-corrected chi connectivity index (χ2v) is 6.85. The normalized spacial score (nSPS) is 13.1. The maximum absolute atomic E-state index is 13.2. The van der Waals surface area contributed by atoms with Gasteiger partial charge in [0.1, 0.15) is 5.82 Å². The maximum Gasteiger partial charge on any atom is 0.305 e. The van der Waals surface area contributed by atoms with Crippen molar-refractivity contribution in [2.75, 3.05) is 13.7 Å². The molecule has 0 aliphatic carbocycles. The molecule has 0 saturated carbocycles. The van der Waals surface area contributed by atoms with Gasteiger partial charge in [-0.1, -0.05) is 42.5 Å². The monoisotopic (exact) mass is 388 g/mol. The Balaban J connectivity index is 1.86. The Kier molecular flexibility index (Phi) is 9.66. The number of benzene rings is 2. The number of halogens is 1. The van der Waals surface area contributed by atoms with Gasteiger partial charge in [-0.3, -0.25) is 4.79 Å². The van der Waals surface area contributed by atoms with Gasteiger partial charge in [-0.15, -0.1) is 0 Å². The zero-order valence-corrected chi connectivity index (χ0v) is 16.6. The molecule has 0 saturated heterocycles. The summed E-state index contributed by atoms with van der Waals surface area (Å²) in [5.74, 6) is -0.489. The lowest BCUT2D eigenvalue weighted by molar-refractivity contribution is -0.141. The Morgan fingerprint density at radius 3 is 2.39 bits per heavy atom. The Labute approximate surface area is 166 Å². The molecule has 0 spiro atoms. The fourth-order valence-electron chi connectivity index (χ4n) is 2.91. The van der Waals surface area contributed by atoms with E-state index in [1.54, 1.807) is 12.1 Å². The van der Waals surface area contributed by atoms with Crippen molar-refractivity contribution in [3.63, 3.8) is 0 Å². The van der Waals surface area contributed by atoms with Crippen molar-refractivity contribution in [2.45, 2.75) is 51.4 Å². The Morgan fingerprint density at radius 2 is 1.71 bits per heavy atom. The summed E-state index contributed by atoms with van der Waals surface area (Å²) in [5.41, 5.74) is 2.14. The molecule has 0 aromatic heterocycles. The van der Waals surface area contributed by atoms with Gasteiger partial charge in [0.15, 0.2) is 0 Å². The van der Waals surface area contributed by atoms with Crippen LogP contribution in [0, 0.1) is 5.82 Å². The van der Waals surface area contributed by atoms with E-state index in [2.05, 4.69) is 4.74 Å². The number of esters is 1. The van der Waals surface area contributed by atoms with Crippen LogP contribution in [0.15, 0.2) is 54.6 Å². The van der Waals surface area contributed by atoms with Gasteiger partial charge >= 0.3 is 5.97 Å². The SMILES string of the molecule is COC(=O)CCCOC(Cc1ccc(F)cc1)CC(C)OCc1ccccc1. The molecular weight excluding hydrogens is 359 g/mol. The molecule has 2 unspecified atom stereocenters. The van der Waals surface area contributed by atoms with Crippen LogP contribution >= 0.6 is 0 Å². The van der Waals surface area contributed by atoms with Gasteiger partial charge in [0.05, 0.1) is 25.9 Å². The average Bonchev–Trinajstić information content (AvgIpc) is 2.71. The van der Waals surface area contributed by atoms with E-state index in [1.807, 2.05) is 37.3 Å². The quantitative estimate of drug-likeness (QED) is 0.390. The van der Waals surface area contributed by atoms with E-state index < -0.39 is 0 Å². The van der Waals surface area contributed by atoms with Crippen molar-refractivity contribution in [3.05, 3.63) is 71.5 Å². The number of carbonyl (C=O) groups excluding carboxylic acids is 1. The molecule has 0 amide bonds. The molecule has 5 heteroatoms. The van der Waals surface area contributed by atoms with Crippen LogP contribution in [-0.2, 0) is 32.0 Å². The lowest BCUT2D eigenvalue weighted by Gasteiger charge is -2.22. The van der Waals surface area contributed by atoms with E-state index in [0.29, 0.717) is 38.9 Å². The van der Waals surface area contributed by atoms with Gasteiger partial charge in [-0.25, -0.2) is 4.39 Å². The molecule has 0 bridgehead atoms. The van der Waals surface area contributed by atoms with Crippen LogP contribution in [-0.4, -0.2) is 31.9 Å². The summed E-state index contributed by atoms with van der Waals surface area (Å²) >= 11 is 0. The zero-order valence-electron chi connectivity index (χ0n) is 16.6. The Hall–Kier alpha value is -2.24. The molecule has 4 nitrogen and oxygen atoms in total. The molecule has 152 valence electrons. The Morgan fingerprint density at radius 1 is 1.00 bits per heavy atom. The van der Waals surface area contributed by atoms with Crippen molar-refractivity contribution < 1.29 is 23.4 Å². The number of methoxy groups -OCH3 is 1. The van der Waals surface area contributed by atoms with Crippen molar-refractivity contribution in [1.29, 1.82) is 0 Å². The molecule has 2 rings (SSSR count). The van der Waals surface area contributed by atoms with Crippen molar-refractivity contribution >= 4 is 5.97 Å². The minimum atomic E-state index is -0.251. The molecular formula is C23H29FO4. The summed E-state index contributed by atoms with van der Waals surface area (Å²) in [4.78, 5) is 11.2. The van der Waals surface area contributed by atoms with Crippen LogP contribution in [0.1, 0.15) is 37.3 Å². The minimum absolute atomic E-state index is 0.00580. The van der Waals surface area contributed by atoms with Crippen LogP contribution < -0.4 is 0 Å². The lowest BCUT2D eigenvalue weighted by Crippen LogP contribution is -2.24. The summed E-state index contributed by atoms with van der Waals surface area (Å²) in [6.07, 6.45) is 2.24. The van der Waals surface area contributed by atoms with Crippen LogP contribution in [0.5, 0.6) is 0 Å². The first-order valence-electron chi connectivity index (χ1n) is 9.65. The van der Waals surface area contributed by atoms with E-state index in [1.165, 1.54) is 19.2 Å². The molecule has 0 aliphatic rings. The van der Waals surface area contributed by atoms with Crippen molar-refractivity contribution in [3.8, 4) is 0 Å². The smallest absolute Gasteiger partial charge is 0.305 e. The first-order valence-corrected chi connectivity index (χ1v) is 9.65. The third kappa shape index (κ3) is 8.63. The minimum Gasteiger partial charge on any atom is -0.469 e. The van der Waals surface area contributed by atoms with Gasteiger partial charge in [-0.2, -0.15) is 0 Å². The summed E-state index contributed by atoms with van der Waals surface area (Å²) in [6.45, 7) is 3.04. The number of ether oxygens (including phenoxy) is 3. The van der Waals surface area contributed by atoms with E-state index in [0.717, 1.165) is 11.1 Å². The average molecular weight is 388 g/mol. The van der Waals surface area contributed by atoms with Crippen LogP contribution in [0.2, 0.25) is 0 Å². The van der Waals surface area contributed by atoms with Crippen molar-refractivity contribution in [2.24, 2.45) is 0 Å². The summed E-state index contributed by atoms with van der Waals surface area (Å²) in [5, 5.41) is 0. The standard InChI is InChI=1S/C23H29FO4/c1-18(28-17-20-7-4-3-5-8-20)15-22(27-14-6-9-23(25)26-2)16-19-10-12-21(24)13-11-19/h3-5,7-8,10-13,18,22H,6,9,14-17H2,1-2H3. The van der Waals surface area contributed by atoms with Gasteiger partial charge in [0.2, 0.25) is 0 Å². The fraction of sp³-hybridized carbons (Fsp3) is 0.435. The van der Waals surface area contributed by atoms with Gasteiger partial charge in [-0.05, 0) is 49.4 Å². The summed E-state index contributed by atoms with van der Waals surface area (Å²) < 4.78 is 29.8. The molecule has 28 heavy (non-hydrogen) atoms. The van der Waals surface area contributed by atoms with Crippen LogP contribution in [0.3, 0.4) is 0 Å². The predicted molar refractivity (Wildman–Crippen MR) is 106 cm³/mol. The third-order valence-corrected chi connectivity index (χ3v) is 4.46. The number of rotatable bonds is 12. The van der Waals surface area contributed by atoms with E-state index in [9.17, 15) is 9.18 Å². The zero-order chi connectivity index (χ0) is 20.2. The molecule has 0 fully saturated rings. The van der Waals surface area contributed by atoms with Gasteiger partial charge in [0.25, 0.3) is 0 Å². The number of carbonyl (C=O) groups is 1. The largest absolute Gasteiger partial charge is 0.469 e. The number of hydrogen-bond donors (Lipinski definition) is 0. The Bertz CT molecular complexity index is 688. The highest BCUT2D eigenvalue weighted by molar-refractivity contribution is 5.68. The first kappa shape index (κ1) is 22.1. The predicted octanol–water partition coefficient (Wildman–Crippen LogP) is 4.70. The first-order chi connectivity index (χ1) is 13.6. The van der Waals surface area contributed by atoms with E-state index >= 15 is 0 Å². The molecule has 0 N–H and O–H groups in total. The third-order valence-electron chi connectivity index (χ3n) is 4.46. The van der Waals surface area contributed by atoms with E-state index in [4.69, 9.17) is 9.47 Å². The summed E-state index contributed by atoms with van der Waals surface area (Å²) in [7, 11) is 1.38. The molecule has 2 aromatic carbocycles. The van der Waals surface area contributed by atoms with Gasteiger partial charge < -0.3 is 14.2 Å². The highest BCUT2D eigenvalue weighted by atomic mass is 19.1.